The summed E-state index contributed by atoms with van der Waals surface area (Å²) in [6.45, 7) is 5.22. The zero-order valence-corrected chi connectivity index (χ0v) is 12.6. The number of nitrogens with one attached hydrogen (secondary N) is 1. The minimum absolute atomic E-state index is 0.0930. The topological polar surface area (TPSA) is 55.1 Å². The van der Waals surface area contributed by atoms with Gasteiger partial charge in [-0.2, -0.15) is 0 Å². The monoisotopic (exact) mass is 266 g/mol. The average molecular weight is 266 g/mol. The number of carbonyl (C=O) groups is 1. The van der Waals surface area contributed by atoms with Gasteiger partial charge in [-0.1, -0.05) is 33.1 Å². The van der Waals surface area contributed by atoms with Gasteiger partial charge in [0.2, 0.25) is 5.91 Å². The van der Waals surface area contributed by atoms with Gasteiger partial charge in [0, 0.05) is 12.5 Å². The normalized spacial score (nSPS) is 34.2. The standard InChI is InChI=1S/C16H30N2O/c1-12-6-7-14(13(12)2)18-15(19)10-16(11-17)8-4-3-5-9-16/h12-14H,3-11,17H2,1-2H3,(H,18,19). The van der Waals surface area contributed by atoms with Crippen LogP contribution in [0.1, 0.15) is 65.2 Å². The lowest BCUT2D eigenvalue weighted by Gasteiger charge is -2.36. The predicted molar refractivity (Wildman–Crippen MR) is 78.7 cm³/mol. The molecule has 2 aliphatic carbocycles. The lowest BCUT2D eigenvalue weighted by atomic mass is 9.71. The fourth-order valence-electron chi connectivity index (χ4n) is 3.92. The first kappa shape index (κ1) is 14.8. The summed E-state index contributed by atoms with van der Waals surface area (Å²) >= 11 is 0. The van der Waals surface area contributed by atoms with E-state index in [9.17, 15) is 4.79 Å². The third kappa shape index (κ3) is 3.50. The molecule has 0 aliphatic heterocycles. The second kappa shape index (κ2) is 6.25. The molecule has 2 aliphatic rings. The molecule has 0 aromatic carbocycles. The highest BCUT2D eigenvalue weighted by molar-refractivity contribution is 5.77. The minimum atomic E-state index is 0.0930. The van der Waals surface area contributed by atoms with E-state index in [2.05, 4.69) is 19.2 Å². The Balaban J connectivity index is 1.86. The third-order valence-electron chi connectivity index (χ3n) is 5.69. The van der Waals surface area contributed by atoms with Crippen molar-refractivity contribution in [2.75, 3.05) is 6.54 Å². The molecule has 0 heterocycles. The Morgan fingerprint density at radius 3 is 2.42 bits per heavy atom. The molecular formula is C16H30N2O. The van der Waals surface area contributed by atoms with Gasteiger partial charge in [-0.05, 0) is 49.5 Å². The lowest BCUT2D eigenvalue weighted by Crippen LogP contribution is -2.43. The first-order valence-corrected chi connectivity index (χ1v) is 8.06. The highest BCUT2D eigenvalue weighted by Gasteiger charge is 2.35. The summed E-state index contributed by atoms with van der Waals surface area (Å²) in [4.78, 5) is 12.3. The van der Waals surface area contributed by atoms with E-state index in [-0.39, 0.29) is 11.3 Å². The van der Waals surface area contributed by atoms with Gasteiger partial charge in [0.15, 0.2) is 0 Å². The quantitative estimate of drug-likeness (QED) is 0.822. The van der Waals surface area contributed by atoms with Gasteiger partial charge >= 0.3 is 0 Å². The molecule has 3 nitrogen and oxygen atoms in total. The van der Waals surface area contributed by atoms with Crippen LogP contribution in [0.3, 0.4) is 0 Å². The molecule has 0 spiro atoms. The summed E-state index contributed by atoms with van der Waals surface area (Å²) in [5, 5.41) is 3.27. The van der Waals surface area contributed by atoms with Crippen LogP contribution in [0.4, 0.5) is 0 Å². The Morgan fingerprint density at radius 2 is 1.89 bits per heavy atom. The molecule has 0 aromatic rings. The van der Waals surface area contributed by atoms with Crippen LogP contribution in [0.2, 0.25) is 0 Å². The lowest BCUT2D eigenvalue weighted by molar-refractivity contribution is -0.124. The summed E-state index contributed by atoms with van der Waals surface area (Å²) in [5.74, 6) is 1.59. The molecule has 3 heteroatoms. The number of carbonyl (C=O) groups excluding carboxylic acids is 1. The van der Waals surface area contributed by atoms with E-state index in [1.165, 1.54) is 25.7 Å². The zero-order chi connectivity index (χ0) is 13.9. The molecule has 0 aromatic heterocycles. The summed E-state index contributed by atoms with van der Waals surface area (Å²) in [6, 6.07) is 0.390. The molecule has 19 heavy (non-hydrogen) atoms. The first-order chi connectivity index (χ1) is 9.06. The van der Waals surface area contributed by atoms with Crippen LogP contribution in [-0.2, 0) is 4.79 Å². The fourth-order valence-corrected chi connectivity index (χ4v) is 3.92. The first-order valence-electron chi connectivity index (χ1n) is 8.06. The van der Waals surface area contributed by atoms with Crippen molar-refractivity contribution < 1.29 is 4.79 Å². The van der Waals surface area contributed by atoms with Crippen LogP contribution >= 0.6 is 0 Å². The highest BCUT2D eigenvalue weighted by Crippen LogP contribution is 2.38. The van der Waals surface area contributed by atoms with E-state index in [0.29, 0.717) is 24.9 Å². The van der Waals surface area contributed by atoms with Crippen LogP contribution in [0, 0.1) is 17.3 Å². The molecule has 110 valence electrons. The van der Waals surface area contributed by atoms with E-state index in [4.69, 9.17) is 5.73 Å². The van der Waals surface area contributed by atoms with Crippen LogP contribution < -0.4 is 11.1 Å². The Hall–Kier alpha value is -0.570. The van der Waals surface area contributed by atoms with Crippen molar-refractivity contribution >= 4 is 5.91 Å². The van der Waals surface area contributed by atoms with Crippen molar-refractivity contribution in [3.05, 3.63) is 0 Å². The molecule has 2 saturated carbocycles. The molecule has 1 amide bonds. The average Bonchev–Trinajstić information content (AvgIpc) is 2.72. The molecule has 2 rings (SSSR count). The number of nitrogens with two attached hydrogens (primary N) is 1. The number of hydrogen-bond donors (Lipinski definition) is 2. The van der Waals surface area contributed by atoms with Crippen molar-refractivity contribution in [3.8, 4) is 0 Å². The van der Waals surface area contributed by atoms with Gasteiger partial charge in [0.05, 0.1) is 0 Å². The summed E-state index contributed by atoms with van der Waals surface area (Å²) in [7, 11) is 0. The molecule has 3 N–H and O–H groups in total. The Morgan fingerprint density at radius 1 is 1.21 bits per heavy atom. The van der Waals surface area contributed by atoms with Crippen LogP contribution in [0.15, 0.2) is 0 Å². The Labute approximate surface area is 117 Å². The summed E-state index contributed by atoms with van der Waals surface area (Å²) in [5.41, 5.74) is 6.06. The predicted octanol–water partition coefficient (Wildman–Crippen LogP) is 2.84. The van der Waals surface area contributed by atoms with Gasteiger partial charge in [0.25, 0.3) is 0 Å². The van der Waals surface area contributed by atoms with E-state index in [0.717, 1.165) is 25.2 Å². The molecule has 3 unspecified atom stereocenters. The Kier molecular flexibility index (Phi) is 4.88. The summed E-state index contributed by atoms with van der Waals surface area (Å²) in [6.07, 6.45) is 9.07. The molecule has 2 fully saturated rings. The SMILES string of the molecule is CC1CCC(NC(=O)CC2(CN)CCCCC2)C1C. The van der Waals surface area contributed by atoms with Crippen LogP contribution in [0.5, 0.6) is 0 Å². The van der Waals surface area contributed by atoms with Crippen molar-refractivity contribution in [2.24, 2.45) is 23.0 Å². The molecule has 0 radical (unpaired) electrons. The molecular weight excluding hydrogens is 236 g/mol. The number of amides is 1. The van der Waals surface area contributed by atoms with Gasteiger partial charge in [-0.3, -0.25) is 4.79 Å². The molecule has 0 saturated heterocycles. The third-order valence-corrected chi connectivity index (χ3v) is 5.69. The van der Waals surface area contributed by atoms with Crippen LogP contribution in [-0.4, -0.2) is 18.5 Å². The maximum Gasteiger partial charge on any atom is 0.220 e. The maximum absolute atomic E-state index is 12.3. The van der Waals surface area contributed by atoms with Crippen molar-refractivity contribution in [2.45, 2.75) is 71.3 Å². The minimum Gasteiger partial charge on any atom is -0.353 e. The smallest absolute Gasteiger partial charge is 0.220 e. The Bertz CT molecular complexity index is 310. The second-order valence-electron chi connectivity index (χ2n) is 7.03. The largest absolute Gasteiger partial charge is 0.353 e. The maximum atomic E-state index is 12.3. The van der Waals surface area contributed by atoms with Gasteiger partial charge in [-0.15, -0.1) is 0 Å². The molecule has 3 atom stereocenters. The van der Waals surface area contributed by atoms with Crippen molar-refractivity contribution in [1.82, 2.24) is 5.32 Å². The van der Waals surface area contributed by atoms with Gasteiger partial charge < -0.3 is 11.1 Å². The van der Waals surface area contributed by atoms with E-state index in [1.54, 1.807) is 0 Å². The number of hydrogen-bond acceptors (Lipinski definition) is 2. The molecule has 0 bridgehead atoms. The van der Waals surface area contributed by atoms with Gasteiger partial charge in [0.1, 0.15) is 0 Å². The highest BCUT2D eigenvalue weighted by atomic mass is 16.1. The summed E-state index contributed by atoms with van der Waals surface area (Å²) < 4.78 is 0. The zero-order valence-electron chi connectivity index (χ0n) is 12.6. The fraction of sp³-hybridized carbons (Fsp3) is 0.938. The van der Waals surface area contributed by atoms with E-state index >= 15 is 0 Å². The van der Waals surface area contributed by atoms with E-state index in [1.807, 2.05) is 0 Å². The van der Waals surface area contributed by atoms with Crippen LogP contribution in [0.25, 0.3) is 0 Å². The van der Waals surface area contributed by atoms with Gasteiger partial charge in [-0.25, -0.2) is 0 Å². The van der Waals surface area contributed by atoms with E-state index < -0.39 is 0 Å². The number of rotatable bonds is 4. The second-order valence-corrected chi connectivity index (χ2v) is 7.03. The van der Waals surface area contributed by atoms with Crippen molar-refractivity contribution in [3.63, 3.8) is 0 Å². The van der Waals surface area contributed by atoms with Crippen molar-refractivity contribution in [1.29, 1.82) is 0 Å².